The summed E-state index contributed by atoms with van der Waals surface area (Å²) in [5.74, 6) is 0.272. The molecule has 33 heavy (non-hydrogen) atoms. The molecule has 1 aliphatic heterocycles. The molecule has 0 fully saturated rings. The van der Waals surface area contributed by atoms with Gasteiger partial charge in [0, 0.05) is 25.7 Å². The van der Waals surface area contributed by atoms with Crippen LogP contribution in [0.25, 0.3) is 10.2 Å². The highest BCUT2D eigenvalue weighted by atomic mass is 32.1. The summed E-state index contributed by atoms with van der Waals surface area (Å²) < 4.78 is 1.77. The molecule has 174 valence electrons. The van der Waals surface area contributed by atoms with Crippen LogP contribution >= 0.6 is 11.3 Å². The maximum atomic E-state index is 13.2. The lowest BCUT2D eigenvalue weighted by Crippen LogP contribution is -2.35. The lowest BCUT2D eigenvalue weighted by Gasteiger charge is -2.18. The molecule has 0 radical (unpaired) electrons. The van der Waals surface area contributed by atoms with Gasteiger partial charge in [-0.1, -0.05) is 24.1 Å². The van der Waals surface area contributed by atoms with Crippen molar-refractivity contribution in [1.82, 2.24) is 14.5 Å². The zero-order valence-electron chi connectivity index (χ0n) is 19.9. The number of amides is 2. The second-order valence-corrected chi connectivity index (χ2v) is 10.0. The molecule has 0 unspecified atom stereocenters. The van der Waals surface area contributed by atoms with E-state index in [0.717, 1.165) is 53.9 Å². The Hall–Kier alpha value is -3.00. The first-order valence-electron chi connectivity index (χ1n) is 11.3. The maximum absolute atomic E-state index is 13.2. The lowest BCUT2D eigenvalue weighted by atomic mass is 10.1. The molecule has 2 amide bonds. The summed E-state index contributed by atoms with van der Waals surface area (Å²) in [4.78, 5) is 46.3. The molecule has 8 heteroatoms. The van der Waals surface area contributed by atoms with Crippen molar-refractivity contribution < 1.29 is 9.59 Å². The maximum Gasteiger partial charge on any atom is 0.264 e. The van der Waals surface area contributed by atoms with Crippen molar-refractivity contribution >= 4 is 39.1 Å². The van der Waals surface area contributed by atoms with Gasteiger partial charge in [0.1, 0.15) is 10.7 Å². The van der Waals surface area contributed by atoms with Gasteiger partial charge in [0.25, 0.3) is 11.5 Å². The number of benzene rings is 1. The Balaban J connectivity index is 1.57. The second kappa shape index (κ2) is 9.09. The van der Waals surface area contributed by atoms with E-state index in [1.54, 1.807) is 18.5 Å². The molecule has 2 aromatic heterocycles. The van der Waals surface area contributed by atoms with Crippen LogP contribution < -0.4 is 10.9 Å². The monoisotopic (exact) mass is 466 g/mol. The van der Waals surface area contributed by atoms with E-state index < -0.39 is 0 Å². The minimum atomic E-state index is -0.275. The predicted molar refractivity (Wildman–Crippen MR) is 132 cm³/mol. The van der Waals surface area contributed by atoms with Crippen LogP contribution in [0.2, 0.25) is 0 Å². The molecule has 0 aliphatic carbocycles. The van der Waals surface area contributed by atoms with Crippen molar-refractivity contribution in [2.75, 3.05) is 18.9 Å². The number of nitrogens with one attached hydrogen (secondary N) is 1. The second-order valence-electron chi connectivity index (χ2n) is 9.01. The lowest BCUT2D eigenvalue weighted by molar-refractivity contribution is -0.116. The van der Waals surface area contributed by atoms with E-state index in [1.165, 1.54) is 16.2 Å². The summed E-state index contributed by atoms with van der Waals surface area (Å²) >= 11 is 1.24. The molecule has 0 atom stereocenters. The van der Waals surface area contributed by atoms with Crippen molar-refractivity contribution in [2.24, 2.45) is 0 Å². The number of likely N-dealkylation sites (N-methyl/N-ethyl adjacent to an activating group) is 1. The molecule has 3 aromatic rings. The van der Waals surface area contributed by atoms with Gasteiger partial charge in [-0.25, -0.2) is 4.98 Å². The summed E-state index contributed by atoms with van der Waals surface area (Å²) in [7, 11) is 1.61. The van der Waals surface area contributed by atoms with E-state index in [9.17, 15) is 14.4 Å². The molecule has 3 heterocycles. The van der Waals surface area contributed by atoms with Gasteiger partial charge in [-0.15, -0.1) is 11.3 Å². The minimum Gasteiger partial charge on any atom is -0.332 e. The SMILES string of the molecule is Cc1cc(C)c(NC(=O)CN(C)C(=O)c2sc3nc4n(c(=O)c3c2C)CCCCC4)c(C)c1. The van der Waals surface area contributed by atoms with Gasteiger partial charge in [-0.3, -0.25) is 19.0 Å². The molecule has 4 rings (SSSR count). The van der Waals surface area contributed by atoms with Crippen molar-refractivity contribution in [3.63, 3.8) is 0 Å². The molecule has 1 N–H and O–H groups in total. The fourth-order valence-corrected chi connectivity index (χ4v) is 5.82. The summed E-state index contributed by atoms with van der Waals surface area (Å²) in [5, 5.41) is 3.47. The van der Waals surface area contributed by atoms with Crippen molar-refractivity contribution in [2.45, 2.75) is 59.9 Å². The number of carbonyl (C=O) groups is 2. The van der Waals surface area contributed by atoms with Crippen molar-refractivity contribution in [1.29, 1.82) is 0 Å². The number of aryl methyl sites for hydroxylation is 5. The van der Waals surface area contributed by atoms with Gasteiger partial charge in [-0.05, 0) is 57.2 Å². The number of hydrogen-bond donors (Lipinski definition) is 1. The highest BCUT2D eigenvalue weighted by molar-refractivity contribution is 7.20. The summed E-state index contributed by atoms with van der Waals surface area (Å²) in [6, 6.07) is 4.04. The number of anilines is 1. The number of rotatable bonds is 4. The van der Waals surface area contributed by atoms with Gasteiger partial charge in [0.05, 0.1) is 16.8 Å². The van der Waals surface area contributed by atoms with Crippen molar-refractivity contribution in [3.8, 4) is 0 Å². The van der Waals surface area contributed by atoms with Crippen LogP contribution in [0.1, 0.15) is 57.0 Å². The number of nitrogens with zero attached hydrogens (tertiary/aromatic N) is 3. The van der Waals surface area contributed by atoms with E-state index in [4.69, 9.17) is 4.98 Å². The van der Waals surface area contributed by atoms with Crippen LogP contribution in [0.4, 0.5) is 5.69 Å². The Morgan fingerprint density at radius 3 is 2.52 bits per heavy atom. The Morgan fingerprint density at radius 2 is 1.82 bits per heavy atom. The van der Waals surface area contributed by atoms with Gasteiger partial charge in [-0.2, -0.15) is 0 Å². The number of thiophene rings is 1. The minimum absolute atomic E-state index is 0.0598. The zero-order valence-corrected chi connectivity index (χ0v) is 20.7. The molecular weight excluding hydrogens is 436 g/mol. The third kappa shape index (κ3) is 4.44. The summed E-state index contributed by atoms with van der Waals surface area (Å²) in [6.45, 7) is 8.32. The molecular formula is C25H30N4O3S. The molecule has 1 aliphatic rings. The van der Waals surface area contributed by atoms with Crippen LogP contribution in [0, 0.1) is 27.7 Å². The van der Waals surface area contributed by atoms with E-state index in [1.807, 2.05) is 32.9 Å². The quantitative estimate of drug-likeness (QED) is 0.627. The first-order valence-corrected chi connectivity index (χ1v) is 12.1. The molecule has 0 bridgehead atoms. The van der Waals surface area contributed by atoms with Crippen LogP contribution in [0.15, 0.2) is 16.9 Å². The van der Waals surface area contributed by atoms with Gasteiger partial charge in [0.15, 0.2) is 0 Å². The van der Waals surface area contributed by atoms with Gasteiger partial charge >= 0.3 is 0 Å². The van der Waals surface area contributed by atoms with Crippen molar-refractivity contribution in [3.05, 3.63) is 55.4 Å². The number of aromatic nitrogens is 2. The third-order valence-electron chi connectivity index (χ3n) is 6.27. The molecule has 0 saturated carbocycles. The highest BCUT2D eigenvalue weighted by Gasteiger charge is 2.25. The number of fused-ring (bicyclic) bond motifs is 2. The topological polar surface area (TPSA) is 84.3 Å². The predicted octanol–water partition coefficient (Wildman–Crippen LogP) is 4.13. The van der Waals surface area contributed by atoms with Crippen LogP contribution in [-0.2, 0) is 17.8 Å². The highest BCUT2D eigenvalue weighted by Crippen LogP contribution is 2.29. The summed E-state index contributed by atoms with van der Waals surface area (Å²) in [5.41, 5.74) is 4.48. The molecule has 0 saturated heterocycles. The Morgan fingerprint density at radius 1 is 1.12 bits per heavy atom. The summed E-state index contributed by atoms with van der Waals surface area (Å²) in [6.07, 6.45) is 3.86. The first-order chi connectivity index (χ1) is 15.7. The Bertz CT molecular complexity index is 1300. The molecule has 0 spiro atoms. The average Bonchev–Trinajstić information content (AvgIpc) is 2.91. The third-order valence-corrected chi connectivity index (χ3v) is 7.45. The van der Waals surface area contributed by atoms with Crippen LogP contribution in [-0.4, -0.2) is 39.9 Å². The number of hydrogen-bond acceptors (Lipinski definition) is 5. The standard InChI is InChI=1S/C25H30N4O3S/c1-14-11-15(2)21(16(3)12-14)27-19(30)13-28(5)25(32)22-17(4)20-23(33-22)26-18-9-7-6-8-10-29(18)24(20)31/h11-12H,6-10,13H2,1-5H3,(H,27,30). The largest absolute Gasteiger partial charge is 0.332 e. The van der Waals surface area contributed by atoms with E-state index in [-0.39, 0.29) is 23.9 Å². The fraction of sp³-hybridized carbons (Fsp3) is 0.440. The smallest absolute Gasteiger partial charge is 0.264 e. The van der Waals surface area contributed by atoms with E-state index in [2.05, 4.69) is 5.32 Å². The van der Waals surface area contributed by atoms with E-state index >= 15 is 0 Å². The first kappa shape index (κ1) is 23.2. The fourth-order valence-electron chi connectivity index (χ4n) is 4.63. The molecule has 7 nitrogen and oxygen atoms in total. The average molecular weight is 467 g/mol. The van der Waals surface area contributed by atoms with Gasteiger partial charge < -0.3 is 10.2 Å². The van der Waals surface area contributed by atoms with Crippen LogP contribution in [0.5, 0.6) is 0 Å². The molecule has 1 aromatic carbocycles. The van der Waals surface area contributed by atoms with Crippen LogP contribution in [0.3, 0.4) is 0 Å². The Kier molecular flexibility index (Phi) is 6.38. The normalized spacial score (nSPS) is 13.5. The van der Waals surface area contributed by atoms with E-state index in [0.29, 0.717) is 27.2 Å². The Labute approximate surface area is 197 Å². The zero-order chi connectivity index (χ0) is 23.9. The number of carbonyl (C=O) groups excluding carboxylic acids is 2. The van der Waals surface area contributed by atoms with Gasteiger partial charge in [0.2, 0.25) is 5.91 Å².